The van der Waals surface area contributed by atoms with E-state index in [0.29, 0.717) is 30.3 Å². The summed E-state index contributed by atoms with van der Waals surface area (Å²) in [5.74, 6) is 1.45. The molecule has 0 radical (unpaired) electrons. The molecule has 0 spiro atoms. The Hall–Kier alpha value is -3.04. The molecular weight excluding hydrogens is 426 g/mol. The fourth-order valence-electron chi connectivity index (χ4n) is 4.17. The van der Waals surface area contributed by atoms with E-state index in [1.807, 2.05) is 0 Å². The van der Waals surface area contributed by atoms with Crippen molar-refractivity contribution < 1.29 is 24.3 Å². The zero-order valence-electron chi connectivity index (χ0n) is 20.0. The quantitative estimate of drug-likeness (QED) is 0.350. The molecule has 1 aliphatic carbocycles. The molecule has 2 aromatic heterocycles. The zero-order valence-corrected chi connectivity index (χ0v) is 20.0. The molecule has 0 saturated heterocycles. The summed E-state index contributed by atoms with van der Waals surface area (Å²) in [4.78, 5) is 37.6. The summed E-state index contributed by atoms with van der Waals surface area (Å²) in [7, 11) is 0. The van der Waals surface area contributed by atoms with Crippen LogP contribution in [0.25, 0.3) is 11.0 Å². The van der Waals surface area contributed by atoms with Gasteiger partial charge in [-0.05, 0) is 71.3 Å². The molecule has 10 nitrogen and oxygen atoms in total. The van der Waals surface area contributed by atoms with Crippen molar-refractivity contribution in [2.24, 2.45) is 0 Å². The molecule has 0 aromatic carbocycles. The lowest BCUT2D eigenvalue weighted by molar-refractivity contribution is -0.122. The number of aromatic nitrogens is 3. The van der Waals surface area contributed by atoms with E-state index in [1.54, 1.807) is 20.8 Å². The standard InChI is InChI=1S/C23H35N5O5/c1-5-10-17-26-18-19(15-11-6-7-12-16(15)25-20(18)24)27(17)13-8-9-14-28(21(29)30)33-22(31)32-23(2,3)4/h5-14H2,1-4H3,(H2,24,25)(H,29,30). The number of aryl methyl sites for hydroxylation is 4. The van der Waals surface area contributed by atoms with Crippen LogP contribution < -0.4 is 5.73 Å². The van der Waals surface area contributed by atoms with Crippen molar-refractivity contribution in [3.8, 4) is 0 Å². The third-order valence-corrected chi connectivity index (χ3v) is 5.52. The number of nitrogens with zero attached hydrogens (tertiary/aromatic N) is 4. The minimum Gasteiger partial charge on any atom is -0.463 e. The van der Waals surface area contributed by atoms with Crippen molar-refractivity contribution in [1.82, 2.24) is 19.6 Å². The van der Waals surface area contributed by atoms with Crippen molar-refractivity contribution in [3.63, 3.8) is 0 Å². The van der Waals surface area contributed by atoms with Gasteiger partial charge in [0.1, 0.15) is 16.9 Å². The molecule has 2 heterocycles. The average Bonchev–Trinajstić information content (AvgIpc) is 3.08. The normalized spacial score (nSPS) is 13.6. The van der Waals surface area contributed by atoms with Gasteiger partial charge in [-0.3, -0.25) is 0 Å². The molecular formula is C23H35N5O5. The van der Waals surface area contributed by atoms with Gasteiger partial charge in [0.15, 0.2) is 5.82 Å². The second-order valence-electron chi connectivity index (χ2n) is 9.40. The number of carbonyl (C=O) groups excluding carboxylic acids is 1. The van der Waals surface area contributed by atoms with Crippen LogP contribution >= 0.6 is 0 Å². The average molecular weight is 462 g/mol. The summed E-state index contributed by atoms with van der Waals surface area (Å²) >= 11 is 0. The van der Waals surface area contributed by atoms with Crippen molar-refractivity contribution in [2.75, 3.05) is 12.3 Å². The number of pyridine rings is 1. The number of ether oxygens (including phenoxy) is 1. The van der Waals surface area contributed by atoms with Gasteiger partial charge in [0.25, 0.3) is 0 Å². The van der Waals surface area contributed by atoms with Crippen LogP contribution in [0.3, 0.4) is 0 Å². The highest BCUT2D eigenvalue weighted by Gasteiger charge is 2.24. The van der Waals surface area contributed by atoms with Gasteiger partial charge in [0.05, 0.1) is 12.1 Å². The summed E-state index contributed by atoms with van der Waals surface area (Å²) in [6, 6.07) is 0. The van der Waals surface area contributed by atoms with Gasteiger partial charge in [-0.2, -0.15) is 0 Å². The van der Waals surface area contributed by atoms with Crippen LogP contribution in [0.5, 0.6) is 0 Å². The number of rotatable bonds is 7. The number of nitrogen functional groups attached to an aromatic ring is 1. The molecule has 0 bridgehead atoms. The molecule has 10 heteroatoms. The highest BCUT2D eigenvalue weighted by atomic mass is 16.8. The molecule has 0 atom stereocenters. The Morgan fingerprint density at radius 2 is 1.91 bits per heavy atom. The lowest BCUT2D eigenvalue weighted by Gasteiger charge is -2.22. The molecule has 0 unspecified atom stereocenters. The lowest BCUT2D eigenvalue weighted by Crippen LogP contribution is -2.36. The van der Waals surface area contributed by atoms with Gasteiger partial charge < -0.3 is 25.0 Å². The summed E-state index contributed by atoms with van der Waals surface area (Å²) in [6.07, 6.45) is 4.72. The van der Waals surface area contributed by atoms with Gasteiger partial charge in [-0.25, -0.2) is 19.6 Å². The summed E-state index contributed by atoms with van der Waals surface area (Å²) in [5.41, 5.74) is 9.63. The Kier molecular flexibility index (Phi) is 7.65. The van der Waals surface area contributed by atoms with Crippen LogP contribution in [0.4, 0.5) is 15.4 Å². The van der Waals surface area contributed by atoms with E-state index in [4.69, 9.17) is 20.3 Å². The number of anilines is 1. The van der Waals surface area contributed by atoms with Gasteiger partial charge in [-0.1, -0.05) is 6.92 Å². The summed E-state index contributed by atoms with van der Waals surface area (Å²) < 4.78 is 7.27. The topological polar surface area (TPSA) is 133 Å². The molecule has 0 aliphatic heterocycles. The Morgan fingerprint density at radius 3 is 2.58 bits per heavy atom. The van der Waals surface area contributed by atoms with Crippen LogP contribution in [0.15, 0.2) is 0 Å². The second-order valence-corrected chi connectivity index (χ2v) is 9.40. The van der Waals surface area contributed by atoms with Gasteiger partial charge in [-0.15, -0.1) is 5.06 Å². The number of hydrogen-bond donors (Lipinski definition) is 2. The maximum atomic E-state index is 11.8. The fourth-order valence-corrected chi connectivity index (χ4v) is 4.17. The van der Waals surface area contributed by atoms with Crippen LogP contribution in [-0.4, -0.2) is 49.1 Å². The first-order valence-electron chi connectivity index (χ1n) is 11.7. The van der Waals surface area contributed by atoms with Crippen LogP contribution in [0.2, 0.25) is 0 Å². The minimum atomic E-state index is -1.34. The van der Waals surface area contributed by atoms with E-state index in [1.165, 1.54) is 5.56 Å². The number of hydrogen-bond acceptors (Lipinski definition) is 7. The van der Waals surface area contributed by atoms with Gasteiger partial charge in [0.2, 0.25) is 0 Å². The molecule has 33 heavy (non-hydrogen) atoms. The van der Waals surface area contributed by atoms with Crippen molar-refractivity contribution in [2.45, 2.75) is 91.2 Å². The first-order valence-corrected chi connectivity index (χ1v) is 11.7. The molecule has 1 amide bonds. The molecule has 0 fully saturated rings. The second kappa shape index (κ2) is 10.3. The largest absolute Gasteiger partial charge is 0.534 e. The molecule has 3 N–H and O–H groups in total. The number of carbonyl (C=O) groups is 2. The zero-order chi connectivity index (χ0) is 24.2. The summed E-state index contributed by atoms with van der Waals surface area (Å²) in [6.45, 7) is 7.88. The number of unbranched alkanes of at least 4 members (excludes halogenated alkanes) is 1. The van der Waals surface area contributed by atoms with E-state index in [9.17, 15) is 14.7 Å². The Labute approximate surface area is 194 Å². The predicted molar refractivity (Wildman–Crippen MR) is 124 cm³/mol. The van der Waals surface area contributed by atoms with Crippen LogP contribution in [-0.2, 0) is 35.4 Å². The number of imidazole rings is 1. The monoisotopic (exact) mass is 461 g/mol. The molecule has 0 saturated carbocycles. The van der Waals surface area contributed by atoms with E-state index in [-0.39, 0.29) is 6.54 Å². The molecule has 1 aliphatic rings. The van der Waals surface area contributed by atoms with Crippen LogP contribution in [0.1, 0.15) is 76.9 Å². The third-order valence-electron chi connectivity index (χ3n) is 5.52. The smallest absolute Gasteiger partial charge is 0.463 e. The molecule has 182 valence electrons. The van der Waals surface area contributed by atoms with Gasteiger partial charge in [0, 0.05) is 18.7 Å². The van der Waals surface area contributed by atoms with E-state index in [2.05, 4.69) is 16.5 Å². The number of nitrogens with two attached hydrogens (primary N) is 1. The van der Waals surface area contributed by atoms with Crippen molar-refractivity contribution in [1.29, 1.82) is 0 Å². The van der Waals surface area contributed by atoms with Gasteiger partial charge >= 0.3 is 12.2 Å². The first kappa shape index (κ1) is 24.6. The number of amides is 1. The Morgan fingerprint density at radius 1 is 1.18 bits per heavy atom. The Balaban J connectivity index is 1.72. The lowest BCUT2D eigenvalue weighted by atomic mass is 9.95. The highest BCUT2D eigenvalue weighted by Crippen LogP contribution is 2.32. The highest BCUT2D eigenvalue weighted by molar-refractivity contribution is 5.89. The molecule has 2 aromatic rings. The van der Waals surface area contributed by atoms with E-state index >= 15 is 0 Å². The third kappa shape index (κ3) is 6.06. The Bertz CT molecular complexity index is 1010. The number of hydroxylamine groups is 2. The maximum absolute atomic E-state index is 11.8. The van der Waals surface area contributed by atoms with Crippen molar-refractivity contribution in [3.05, 3.63) is 17.1 Å². The SMILES string of the molecule is CCCc1nc2c(N)nc3c(c2n1CCCCN(OC(=O)OC(C)(C)C)C(=O)O)CCCC3. The van der Waals surface area contributed by atoms with Crippen molar-refractivity contribution >= 4 is 29.1 Å². The molecule has 3 rings (SSSR count). The van der Waals surface area contributed by atoms with E-state index < -0.39 is 17.8 Å². The number of fused-ring (bicyclic) bond motifs is 3. The number of carboxylic acid groups (broad SMARTS) is 1. The van der Waals surface area contributed by atoms with Crippen LogP contribution in [0, 0.1) is 0 Å². The minimum absolute atomic E-state index is 0.0477. The first-order chi connectivity index (χ1) is 15.6. The van der Waals surface area contributed by atoms with E-state index in [0.717, 1.165) is 61.1 Å². The maximum Gasteiger partial charge on any atom is 0.534 e. The predicted octanol–water partition coefficient (Wildman–Crippen LogP) is 4.47. The summed E-state index contributed by atoms with van der Waals surface area (Å²) in [5, 5.41) is 10.0. The fraction of sp³-hybridized carbons (Fsp3) is 0.652.